The zero-order chi connectivity index (χ0) is 21.4. The van der Waals surface area contributed by atoms with Gasteiger partial charge in [-0.2, -0.15) is 13.4 Å². The van der Waals surface area contributed by atoms with Gasteiger partial charge in [0.2, 0.25) is 11.8 Å². The molecule has 0 bridgehead atoms. The van der Waals surface area contributed by atoms with Crippen LogP contribution in [0.5, 0.6) is 11.6 Å². The predicted molar refractivity (Wildman–Crippen MR) is 110 cm³/mol. The number of anilines is 1. The van der Waals surface area contributed by atoms with E-state index >= 15 is 0 Å². The van der Waals surface area contributed by atoms with Crippen LogP contribution in [0.25, 0.3) is 0 Å². The summed E-state index contributed by atoms with van der Waals surface area (Å²) in [6, 6.07) is 5.77. The molecular weight excluding hydrogens is 543 g/mol. The molecule has 0 fully saturated rings. The third-order valence-electron chi connectivity index (χ3n) is 2.94. The topological polar surface area (TPSA) is 146 Å². The second kappa shape index (κ2) is 10.4. The van der Waals surface area contributed by atoms with Crippen molar-refractivity contribution >= 4 is 62.4 Å². The van der Waals surface area contributed by atoms with Crippen molar-refractivity contribution in [2.75, 3.05) is 24.9 Å². The SMILES string of the molecule is COc1cc(I)nc(NC(=O)NS(=O)(=O)Oc2ccccc2C(=O)OCCCl)n1. The Kier molecular flexibility index (Phi) is 8.21. The number of benzene rings is 1. The lowest BCUT2D eigenvalue weighted by Crippen LogP contribution is -2.37. The smallest absolute Gasteiger partial charge is 0.411 e. The summed E-state index contributed by atoms with van der Waals surface area (Å²) in [5.41, 5.74) is -0.158. The fourth-order valence-electron chi connectivity index (χ4n) is 1.85. The molecule has 2 N–H and O–H groups in total. The molecule has 1 aromatic carbocycles. The van der Waals surface area contributed by atoms with Crippen molar-refractivity contribution < 1.29 is 31.7 Å². The maximum absolute atomic E-state index is 12.1. The van der Waals surface area contributed by atoms with Gasteiger partial charge >= 0.3 is 22.3 Å². The molecule has 2 amide bonds. The van der Waals surface area contributed by atoms with E-state index in [2.05, 4.69) is 15.3 Å². The minimum Gasteiger partial charge on any atom is -0.481 e. The quantitative estimate of drug-likeness (QED) is 0.215. The third kappa shape index (κ3) is 7.17. The van der Waals surface area contributed by atoms with Crippen molar-refractivity contribution in [2.24, 2.45) is 0 Å². The molecule has 1 aromatic heterocycles. The fourth-order valence-corrected chi connectivity index (χ4v) is 3.13. The van der Waals surface area contributed by atoms with Crippen LogP contribution in [0.2, 0.25) is 0 Å². The number of urea groups is 1. The number of esters is 1. The average Bonchev–Trinajstić information content (AvgIpc) is 2.65. The molecule has 0 aliphatic heterocycles. The molecule has 1 heterocycles. The van der Waals surface area contributed by atoms with E-state index in [4.69, 9.17) is 25.3 Å². The highest BCUT2D eigenvalue weighted by molar-refractivity contribution is 14.1. The molecule has 0 aliphatic carbocycles. The normalized spacial score (nSPS) is 10.7. The Labute approximate surface area is 184 Å². The number of para-hydroxylation sites is 1. The molecular formula is C15H14ClIN4O7S. The summed E-state index contributed by atoms with van der Waals surface area (Å²) in [4.78, 5) is 31.7. The zero-order valence-corrected chi connectivity index (χ0v) is 18.4. The van der Waals surface area contributed by atoms with Gasteiger partial charge in [-0.15, -0.1) is 11.6 Å². The van der Waals surface area contributed by atoms with Crippen molar-refractivity contribution in [1.29, 1.82) is 0 Å². The summed E-state index contributed by atoms with van der Waals surface area (Å²) in [5.74, 6) is -1.12. The first-order valence-electron chi connectivity index (χ1n) is 7.68. The standard InChI is InChI=1S/C15H14ClIN4O7S/c1-26-12-8-11(17)18-14(19-12)20-15(23)21-29(24,25)28-10-5-3-2-4-9(10)13(22)27-7-6-16/h2-5,8H,6-7H2,1H3,(H2,18,19,20,21,23). The van der Waals surface area contributed by atoms with Crippen LogP contribution >= 0.6 is 34.2 Å². The summed E-state index contributed by atoms with van der Waals surface area (Å²) in [6.07, 6.45) is 0. The van der Waals surface area contributed by atoms with E-state index < -0.39 is 22.3 Å². The van der Waals surface area contributed by atoms with E-state index in [1.807, 2.05) is 22.6 Å². The Bertz CT molecular complexity index is 1010. The van der Waals surface area contributed by atoms with Gasteiger partial charge < -0.3 is 13.7 Å². The van der Waals surface area contributed by atoms with Gasteiger partial charge in [0.05, 0.1) is 13.0 Å². The lowest BCUT2D eigenvalue weighted by molar-refractivity contribution is 0.0527. The summed E-state index contributed by atoms with van der Waals surface area (Å²) < 4.78 is 41.0. The first-order chi connectivity index (χ1) is 13.7. The maximum Gasteiger partial charge on any atom is 0.411 e. The second-order valence-corrected chi connectivity index (χ2v) is 7.73. The van der Waals surface area contributed by atoms with Crippen molar-refractivity contribution in [3.8, 4) is 11.6 Å². The number of hydrogen-bond acceptors (Lipinski definition) is 9. The molecule has 0 saturated carbocycles. The van der Waals surface area contributed by atoms with Gasteiger partial charge in [0.25, 0.3) is 0 Å². The molecule has 2 aromatic rings. The Balaban J connectivity index is 2.10. The van der Waals surface area contributed by atoms with Crippen LogP contribution in [0.15, 0.2) is 30.3 Å². The van der Waals surface area contributed by atoms with E-state index in [1.165, 1.54) is 37.4 Å². The van der Waals surface area contributed by atoms with Crippen LogP contribution in [0.1, 0.15) is 10.4 Å². The molecule has 0 saturated heterocycles. The molecule has 0 spiro atoms. The fraction of sp³-hybridized carbons (Fsp3) is 0.200. The van der Waals surface area contributed by atoms with Gasteiger partial charge in [-0.1, -0.05) is 12.1 Å². The van der Waals surface area contributed by atoms with Gasteiger partial charge in [0.1, 0.15) is 15.9 Å². The van der Waals surface area contributed by atoms with Crippen molar-refractivity contribution in [3.63, 3.8) is 0 Å². The maximum atomic E-state index is 12.1. The van der Waals surface area contributed by atoms with Gasteiger partial charge in [0, 0.05) is 6.07 Å². The Morgan fingerprint density at radius 3 is 2.66 bits per heavy atom. The molecule has 0 radical (unpaired) electrons. The number of hydrogen-bond donors (Lipinski definition) is 2. The highest BCUT2D eigenvalue weighted by Crippen LogP contribution is 2.20. The van der Waals surface area contributed by atoms with Gasteiger partial charge in [-0.3, -0.25) is 5.32 Å². The summed E-state index contributed by atoms with van der Waals surface area (Å²) in [6.45, 7) is -0.0680. The van der Waals surface area contributed by atoms with Crippen LogP contribution in [-0.4, -0.2) is 50.0 Å². The lowest BCUT2D eigenvalue weighted by Gasteiger charge is -2.12. The molecule has 14 heteroatoms. The van der Waals surface area contributed by atoms with Gasteiger partial charge in [-0.05, 0) is 34.7 Å². The lowest BCUT2D eigenvalue weighted by atomic mass is 10.2. The van der Waals surface area contributed by atoms with Crippen molar-refractivity contribution in [3.05, 3.63) is 39.6 Å². The minimum atomic E-state index is -4.64. The number of carbonyl (C=O) groups excluding carboxylic acids is 2. The van der Waals surface area contributed by atoms with Gasteiger partial charge in [-0.25, -0.2) is 19.3 Å². The number of nitrogens with one attached hydrogen (secondary N) is 2. The van der Waals surface area contributed by atoms with E-state index in [-0.39, 0.29) is 35.6 Å². The minimum absolute atomic E-state index is 0.0680. The molecule has 0 aliphatic rings. The highest BCUT2D eigenvalue weighted by Gasteiger charge is 2.22. The largest absolute Gasteiger partial charge is 0.481 e. The molecule has 29 heavy (non-hydrogen) atoms. The Hall–Kier alpha value is -2.39. The van der Waals surface area contributed by atoms with Crippen LogP contribution < -0.4 is 19.0 Å². The number of halogens is 2. The highest BCUT2D eigenvalue weighted by atomic mass is 127. The van der Waals surface area contributed by atoms with E-state index in [0.29, 0.717) is 3.70 Å². The number of nitrogens with zero attached hydrogens (tertiary/aromatic N) is 2. The number of carbonyl (C=O) groups is 2. The molecule has 0 atom stereocenters. The Morgan fingerprint density at radius 1 is 1.24 bits per heavy atom. The Morgan fingerprint density at radius 2 is 1.97 bits per heavy atom. The average molecular weight is 557 g/mol. The number of aromatic nitrogens is 2. The monoisotopic (exact) mass is 556 g/mol. The number of ether oxygens (including phenoxy) is 2. The summed E-state index contributed by atoms with van der Waals surface area (Å²) in [5, 5.41) is 2.14. The first-order valence-corrected chi connectivity index (χ1v) is 10.7. The van der Waals surface area contributed by atoms with Crippen LogP contribution in [0.4, 0.5) is 10.7 Å². The van der Waals surface area contributed by atoms with Crippen LogP contribution in [-0.2, 0) is 15.0 Å². The number of amides is 2. The van der Waals surface area contributed by atoms with E-state index in [1.54, 1.807) is 4.72 Å². The van der Waals surface area contributed by atoms with E-state index in [0.717, 1.165) is 0 Å². The number of alkyl halides is 1. The summed E-state index contributed by atoms with van der Waals surface area (Å²) in [7, 11) is -3.27. The van der Waals surface area contributed by atoms with Crippen molar-refractivity contribution in [2.45, 2.75) is 0 Å². The number of methoxy groups -OCH3 is 1. The third-order valence-corrected chi connectivity index (χ3v) is 4.48. The summed E-state index contributed by atoms with van der Waals surface area (Å²) >= 11 is 7.32. The number of rotatable bonds is 8. The van der Waals surface area contributed by atoms with Crippen LogP contribution in [0, 0.1) is 3.70 Å². The molecule has 11 nitrogen and oxygen atoms in total. The predicted octanol–water partition coefficient (Wildman–Crippen LogP) is 1.93. The molecule has 2 rings (SSSR count). The first kappa shape index (κ1) is 22.9. The van der Waals surface area contributed by atoms with Crippen molar-refractivity contribution in [1.82, 2.24) is 14.7 Å². The van der Waals surface area contributed by atoms with E-state index in [9.17, 15) is 18.0 Å². The zero-order valence-electron chi connectivity index (χ0n) is 14.7. The molecule has 0 unspecified atom stereocenters. The van der Waals surface area contributed by atoms with Crippen LogP contribution in [0.3, 0.4) is 0 Å². The molecule has 156 valence electrons. The second-order valence-electron chi connectivity index (χ2n) is 4.97. The van der Waals surface area contributed by atoms with Gasteiger partial charge in [0.15, 0.2) is 5.75 Å².